The average Bonchev–Trinajstić information content (AvgIpc) is 3.67. The van der Waals surface area contributed by atoms with Crippen molar-refractivity contribution in [1.29, 1.82) is 5.26 Å². The monoisotopic (exact) mass is 660 g/mol. The molecule has 1 saturated carbocycles. The molecule has 5 heterocycles. The van der Waals surface area contributed by atoms with Crippen LogP contribution in [0.2, 0.25) is 0 Å². The normalized spacial score (nSPS) is 27.9. The number of carbonyl (C=O) groups is 3. The van der Waals surface area contributed by atoms with Crippen LogP contribution in [0.3, 0.4) is 0 Å². The van der Waals surface area contributed by atoms with Gasteiger partial charge in [0.15, 0.2) is 0 Å². The number of nitrogens with zero attached hydrogens (tertiary/aromatic N) is 8. The van der Waals surface area contributed by atoms with Gasteiger partial charge in [0.05, 0.1) is 43.3 Å². The van der Waals surface area contributed by atoms with E-state index in [1.54, 1.807) is 60.8 Å². The first-order chi connectivity index (χ1) is 22.9. The van der Waals surface area contributed by atoms with Crippen molar-refractivity contribution in [3.05, 3.63) is 60.4 Å². The molecule has 3 aromatic rings. The molecule has 3 aliphatic heterocycles. The highest BCUT2D eigenvalue weighted by Crippen LogP contribution is 2.63. The van der Waals surface area contributed by atoms with Crippen molar-refractivity contribution in [3.63, 3.8) is 0 Å². The summed E-state index contributed by atoms with van der Waals surface area (Å²) in [5.74, 6) is -1.25. The number of aromatic nitrogens is 4. The lowest BCUT2D eigenvalue weighted by molar-refractivity contribution is -0.135. The number of hydrogen-bond acceptors (Lipinski definition) is 9. The van der Waals surface area contributed by atoms with Gasteiger partial charge in [-0.15, -0.1) is 5.10 Å². The Balaban J connectivity index is 1.00. The van der Waals surface area contributed by atoms with Crippen LogP contribution in [0.5, 0.6) is 0 Å². The molecule has 4 fully saturated rings. The molecule has 7 rings (SSSR count). The Morgan fingerprint density at radius 1 is 1.15 bits per heavy atom. The molecule has 48 heavy (non-hydrogen) atoms. The molecular weight excluding hydrogens is 626 g/mol. The molecule has 13 nitrogen and oxygen atoms in total. The number of hydrogen-bond donors (Lipinski definition) is 0. The topological polar surface area (TPSA) is 147 Å². The van der Waals surface area contributed by atoms with Crippen LogP contribution < -0.4 is 4.90 Å². The molecule has 0 radical (unpaired) electrons. The van der Waals surface area contributed by atoms with E-state index in [2.05, 4.69) is 21.4 Å². The van der Waals surface area contributed by atoms with Crippen LogP contribution >= 0.6 is 0 Å². The van der Waals surface area contributed by atoms with Gasteiger partial charge in [-0.25, -0.2) is 23.1 Å². The summed E-state index contributed by atoms with van der Waals surface area (Å²) < 4.78 is 42.1. The maximum atomic E-state index is 15.4. The van der Waals surface area contributed by atoms with E-state index < -0.39 is 47.3 Å². The zero-order valence-electron chi connectivity index (χ0n) is 26.6. The molecular formula is C33H34F2N8O5. The van der Waals surface area contributed by atoms with Crippen molar-refractivity contribution in [1.82, 2.24) is 29.8 Å². The average molecular weight is 661 g/mol. The number of ether oxygens (including phenoxy) is 2. The summed E-state index contributed by atoms with van der Waals surface area (Å²) >= 11 is 0. The maximum Gasteiger partial charge on any atom is 0.414 e. The molecule has 3 amide bonds. The molecule has 4 aliphatic rings. The molecule has 0 spiro atoms. The van der Waals surface area contributed by atoms with E-state index in [0.717, 1.165) is 0 Å². The van der Waals surface area contributed by atoms with Crippen LogP contribution in [-0.4, -0.2) is 98.0 Å². The van der Waals surface area contributed by atoms with Crippen molar-refractivity contribution in [2.75, 3.05) is 31.1 Å². The van der Waals surface area contributed by atoms with Gasteiger partial charge >= 0.3 is 12.2 Å². The van der Waals surface area contributed by atoms with E-state index in [9.17, 15) is 24.0 Å². The number of piperidine rings is 1. The highest BCUT2D eigenvalue weighted by molar-refractivity contribution is 5.90. The largest absolute Gasteiger partial charge is 0.444 e. The van der Waals surface area contributed by atoms with Crippen molar-refractivity contribution in [2.24, 2.45) is 11.8 Å². The fourth-order valence-electron chi connectivity index (χ4n) is 7.24. The van der Waals surface area contributed by atoms with Gasteiger partial charge in [0.2, 0.25) is 5.91 Å². The highest BCUT2D eigenvalue weighted by Gasteiger charge is 2.71. The van der Waals surface area contributed by atoms with E-state index >= 15 is 4.39 Å². The summed E-state index contributed by atoms with van der Waals surface area (Å²) in [7, 11) is 0. The quantitative estimate of drug-likeness (QED) is 0.386. The maximum absolute atomic E-state index is 15.4. The summed E-state index contributed by atoms with van der Waals surface area (Å²) in [6.45, 7) is 6.04. The molecule has 250 valence electrons. The van der Waals surface area contributed by atoms with E-state index in [4.69, 9.17) is 9.47 Å². The number of rotatable bonds is 6. The summed E-state index contributed by atoms with van der Waals surface area (Å²) in [4.78, 5) is 47.4. The number of nitriles is 1. The summed E-state index contributed by atoms with van der Waals surface area (Å²) in [6.07, 6.45) is 1.52. The molecule has 3 saturated heterocycles. The third-order valence-electron chi connectivity index (χ3n) is 9.54. The molecule has 1 unspecified atom stereocenters. The van der Waals surface area contributed by atoms with Crippen LogP contribution in [0.4, 0.5) is 24.1 Å². The van der Waals surface area contributed by atoms with Crippen LogP contribution in [0.1, 0.15) is 32.9 Å². The van der Waals surface area contributed by atoms with Crippen molar-refractivity contribution < 1.29 is 32.6 Å². The van der Waals surface area contributed by atoms with E-state index in [0.29, 0.717) is 23.5 Å². The Bertz CT molecular complexity index is 1780. The first-order valence-corrected chi connectivity index (χ1v) is 15.8. The molecule has 15 heteroatoms. The van der Waals surface area contributed by atoms with Gasteiger partial charge in [-0.2, -0.15) is 5.26 Å². The van der Waals surface area contributed by atoms with Crippen molar-refractivity contribution in [3.8, 4) is 17.2 Å². The second-order valence-corrected chi connectivity index (χ2v) is 13.8. The smallest absolute Gasteiger partial charge is 0.414 e. The molecule has 6 atom stereocenters. The number of likely N-dealkylation sites (tertiary alicyclic amines) is 2. The Hall–Kier alpha value is -5.13. The summed E-state index contributed by atoms with van der Waals surface area (Å²) in [5, 5.41) is 17.9. The minimum atomic E-state index is -1.33. The Labute approximate surface area is 275 Å². The zero-order valence-corrected chi connectivity index (χ0v) is 26.6. The number of carbonyl (C=O) groups excluding carboxylic acids is 3. The lowest BCUT2D eigenvalue weighted by Crippen LogP contribution is -2.49. The van der Waals surface area contributed by atoms with Crippen LogP contribution in [0, 0.1) is 29.0 Å². The number of benzene rings is 1. The first kappa shape index (κ1) is 31.5. The van der Waals surface area contributed by atoms with Gasteiger partial charge < -0.3 is 14.4 Å². The van der Waals surface area contributed by atoms with Gasteiger partial charge in [0, 0.05) is 54.9 Å². The second-order valence-electron chi connectivity index (χ2n) is 13.8. The van der Waals surface area contributed by atoms with Gasteiger partial charge in [-0.05, 0) is 45.0 Å². The molecule has 1 aromatic carbocycles. The fraction of sp³-hybridized carbons (Fsp3) is 0.485. The molecule has 0 N–H and O–H groups in total. The fourth-order valence-corrected chi connectivity index (χ4v) is 7.24. The summed E-state index contributed by atoms with van der Waals surface area (Å²) in [5.41, 5.74) is -0.0251. The van der Waals surface area contributed by atoms with Crippen LogP contribution in [-0.2, 0) is 26.2 Å². The van der Waals surface area contributed by atoms with E-state index in [1.165, 1.54) is 28.3 Å². The number of amides is 3. The third-order valence-corrected chi connectivity index (χ3v) is 9.54. The van der Waals surface area contributed by atoms with Gasteiger partial charge in [-0.1, -0.05) is 11.3 Å². The molecule has 2 aromatic heterocycles. The number of alkyl halides is 1. The van der Waals surface area contributed by atoms with Crippen molar-refractivity contribution >= 4 is 23.8 Å². The second kappa shape index (κ2) is 11.5. The Morgan fingerprint density at radius 2 is 1.92 bits per heavy atom. The summed E-state index contributed by atoms with van der Waals surface area (Å²) in [6, 6.07) is 9.34. The third kappa shape index (κ3) is 5.48. The van der Waals surface area contributed by atoms with Crippen LogP contribution in [0.25, 0.3) is 11.1 Å². The number of halogens is 2. The number of fused-ring (bicyclic) bond motifs is 1. The van der Waals surface area contributed by atoms with Gasteiger partial charge in [-0.3, -0.25) is 19.6 Å². The lowest BCUT2D eigenvalue weighted by Gasteiger charge is -2.31. The SMILES string of the molecule is CC(C)(C)OC(=O)N1C[C@@H](F)C[C@H]1C(=O)N1C[C@@H]2[C@H](C1)C2(C#N)c1ccc(-c2ccc(N3C[C@H](Cn4ccnn4)OC3=O)cc2F)cn1. The standard InChI is InChI=1S/C33H34F2N8O5/c1-32(2,3)48-31(46)43-13-20(34)10-27(43)29(44)40-16-24-25(17-40)33(24,18-36)28-7-4-19(12-37-28)23-6-5-21(11-26(23)35)42-15-22(47-30(42)45)14-41-9-8-38-39-41/h4-9,11-12,20,22,24-25,27H,10,13-17H2,1-3H3/t20-,22-,24-,25+,27-,33?/m0/s1. The Morgan fingerprint density at radius 3 is 2.54 bits per heavy atom. The lowest BCUT2D eigenvalue weighted by atomic mass is 9.95. The first-order valence-electron chi connectivity index (χ1n) is 15.8. The predicted octanol–water partition coefficient (Wildman–Crippen LogP) is 3.70. The number of cyclic esters (lactones) is 1. The predicted molar refractivity (Wildman–Crippen MR) is 164 cm³/mol. The number of anilines is 1. The van der Waals surface area contributed by atoms with Crippen LogP contribution in [0.15, 0.2) is 48.9 Å². The van der Waals surface area contributed by atoms with Gasteiger partial charge in [0.1, 0.15) is 35.2 Å². The molecule has 1 aliphatic carbocycles. The zero-order chi connectivity index (χ0) is 34.0. The van der Waals surface area contributed by atoms with Crippen molar-refractivity contribution in [2.45, 2.75) is 63.1 Å². The minimum Gasteiger partial charge on any atom is -0.444 e. The number of pyridine rings is 1. The highest BCUT2D eigenvalue weighted by atomic mass is 19.1. The van der Waals surface area contributed by atoms with Gasteiger partial charge in [0.25, 0.3) is 0 Å². The molecule has 0 bridgehead atoms. The Kier molecular flexibility index (Phi) is 7.56. The minimum absolute atomic E-state index is 0.0967. The van der Waals surface area contributed by atoms with E-state index in [-0.39, 0.29) is 55.9 Å². The van der Waals surface area contributed by atoms with E-state index in [1.807, 2.05) is 0 Å².